The van der Waals surface area contributed by atoms with Gasteiger partial charge in [-0.1, -0.05) is 18.2 Å². The number of hydrogen-bond acceptors (Lipinski definition) is 7. The fourth-order valence-corrected chi connectivity index (χ4v) is 4.07. The van der Waals surface area contributed by atoms with Crippen LogP contribution >= 0.6 is 11.3 Å². The van der Waals surface area contributed by atoms with Crippen molar-refractivity contribution in [2.24, 2.45) is 0 Å². The number of nitrogens with zero attached hydrogens (tertiary/aromatic N) is 3. The van der Waals surface area contributed by atoms with Gasteiger partial charge in [0.1, 0.15) is 17.6 Å². The zero-order valence-electron chi connectivity index (χ0n) is 16.2. The number of hydrogen-bond donors (Lipinski definition) is 2. The van der Waals surface area contributed by atoms with E-state index in [0.717, 1.165) is 35.7 Å². The van der Waals surface area contributed by atoms with Gasteiger partial charge in [-0.15, -0.1) is 11.3 Å². The van der Waals surface area contributed by atoms with E-state index in [1.165, 1.54) is 0 Å². The zero-order chi connectivity index (χ0) is 20.1. The monoisotopic (exact) mass is 409 g/mol. The van der Waals surface area contributed by atoms with E-state index in [2.05, 4.69) is 20.6 Å². The molecule has 0 spiro atoms. The molecule has 150 valence electrons. The summed E-state index contributed by atoms with van der Waals surface area (Å²) < 4.78 is 5.39. The average molecular weight is 410 g/mol. The van der Waals surface area contributed by atoms with Crippen molar-refractivity contribution in [3.8, 4) is 5.75 Å². The molecule has 2 aromatic heterocycles. The number of thiophene rings is 1. The molecule has 29 heavy (non-hydrogen) atoms. The summed E-state index contributed by atoms with van der Waals surface area (Å²) in [6, 6.07) is 13.2. The minimum Gasteiger partial charge on any atom is -0.495 e. The predicted molar refractivity (Wildman–Crippen MR) is 115 cm³/mol. The van der Waals surface area contributed by atoms with E-state index >= 15 is 0 Å². The second kappa shape index (κ2) is 8.91. The molecule has 1 atom stereocenters. The van der Waals surface area contributed by atoms with Gasteiger partial charge in [-0.05, 0) is 42.5 Å². The maximum atomic E-state index is 12.7. The topological polar surface area (TPSA) is 79.4 Å². The maximum Gasteiger partial charge on any atom is 0.243 e. The molecule has 1 fully saturated rings. The Balaban J connectivity index is 1.47. The fourth-order valence-electron chi connectivity index (χ4n) is 3.43. The summed E-state index contributed by atoms with van der Waals surface area (Å²) in [6.45, 7) is 1.31. The van der Waals surface area contributed by atoms with Crippen LogP contribution in [-0.4, -0.2) is 35.6 Å². The molecule has 1 amide bonds. The highest BCUT2D eigenvalue weighted by Gasteiger charge is 2.32. The largest absolute Gasteiger partial charge is 0.495 e. The third-order valence-corrected chi connectivity index (χ3v) is 5.72. The van der Waals surface area contributed by atoms with Crippen molar-refractivity contribution in [2.45, 2.75) is 25.4 Å². The van der Waals surface area contributed by atoms with Crippen LogP contribution in [0.2, 0.25) is 0 Å². The van der Waals surface area contributed by atoms with Gasteiger partial charge in [0.05, 0.1) is 19.3 Å². The molecule has 0 unspecified atom stereocenters. The SMILES string of the molecule is COc1ccccc1Nc1ccnc(N2CCC[C@H]2C(=O)NCc2cccs2)n1. The second-order valence-corrected chi connectivity index (χ2v) is 7.75. The number of benzene rings is 1. The molecule has 7 nitrogen and oxygen atoms in total. The van der Waals surface area contributed by atoms with Crippen molar-refractivity contribution in [2.75, 3.05) is 23.9 Å². The van der Waals surface area contributed by atoms with Crippen LogP contribution < -0.4 is 20.3 Å². The van der Waals surface area contributed by atoms with Gasteiger partial charge in [0, 0.05) is 17.6 Å². The number of amides is 1. The van der Waals surface area contributed by atoms with Crippen LogP contribution in [0, 0.1) is 0 Å². The molecular formula is C21H23N5O2S. The third kappa shape index (κ3) is 4.48. The van der Waals surface area contributed by atoms with E-state index in [9.17, 15) is 4.79 Å². The number of para-hydroxylation sites is 2. The van der Waals surface area contributed by atoms with Crippen LogP contribution in [0.5, 0.6) is 5.75 Å². The summed E-state index contributed by atoms with van der Waals surface area (Å²) >= 11 is 1.64. The molecule has 3 heterocycles. The quantitative estimate of drug-likeness (QED) is 0.621. The van der Waals surface area contributed by atoms with Crippen molar-refractivity contribution in [1.29, 1.82) is 0 Å². The Bertz CT molecular complexity index is 963. The highest BCUT2D eigenvalue weighted by atomic mass is 32.1. The van der Waals surface area contributed by atoms with E-state index in [1.54, 1.807) is 30.7 Å². The molecule has 0 bridgehead atoms. The van der Waals surface area contributed by atoms with Crippen molar-refractivity contribution < 1.29 is 9.53 Å². The number of anilines is 3. The lowest BCUT2D eigenvalue weighted by atomic mass is 10.2. The van der Waals surface area contributed by atoms with Crippen LogP contribution in [0.15, 0.2) is 54.0 Å². The Hall–Kier alpha value is -3.13. The average Bonchev–Trinajstić information content (AvgIpc) is 3.45. The van der Waals surface area contributed by atoms with Crippen molar-refractivity contribution in [1.82, 2.24) is 15.3 Å². The third-order valence-electron chi connectivity index (χ3n) is 4.84. The summed E-state index contributed by atoms with van der Waals surface area (Å²) in [6.07, 6.45) is 3.44. The van der Waals surface area contributed by atoms with Crippen molar-refractivity contribution >= 4 is 34.7 Å². The summed E-state index contributed by atoms with van der Waals surface area (Å²) in [5.41, 5.74) is 0.825. The second-order valence-electron chi connectivity index (χ2n) is 6.72. The number of aromatic nitrogens is 2. The summed E-state index contributed by atoms with van der Waals surface area (Å²) in [5.74, 6) is 1.96. The van der Waals surface area contributed by atoms with E-state index in [1.807, 2.05) is 46.7 Å². The highest BCUT2D eigenvalue weighted by Crippen LogP contribution is 2.28. The smallest absolute Gasteiger partial charge is 0.243 e. The van der Waals surface area contributed by atoms with Gasteiger partial charge in [-0.25, -0.2) is 4.98 Å². The summed E-state index contributed by atoms with van der Waals surface area (Å²) in [4.78, 5) is 24.9. The molecular weight excluding hydrogens is 386 g/mol. The maximum absolute atomic E-state index is 12.7. The van der Waals surface area contributed by atoms with Crippen molar-refractivity contribution in [3.05, 3.63) is 58.9 Å². The Morgan fingerprint density at radius 3 is 3.00 bits per heavy atom. The number of carbonyl (C=O) groups excluding carboxylic acids is 1. The normalized spacial score (nSPS) is 15.9. The van der Waals surface area contributed by atoms with Gasteiger partial charge in [-0.2, -0.15) is 4.98 Å². The zero-order valence-corrected chi connectivity index (χ0v) is 17.0. The standard InChI is InChI=1S/C21H23N5O2S/c1-28-18-9-3-2-7-16(18)24-19-10-11-22-21(25-19)26-12-4-8-17(26)20(27)23-14-15-6-5-13-29-15/h2-3,5-7,9-11,13,17H,4,8,12,14H2,1H3,(H,23,27)(H,22,24,25)/t17-/m0/s1. The lowest BCUT2D eigenvalue weighted by Crippen LogP contribution is -2.43. The van der Waals surface area contributed by atoms with Gasteiger partial charge in [-0.3, -0.25) is 4.79 Å². The van der Waals surface area contributed by atoms with Gasteiger partial charge in [0.2, 0.25) is 11.9 Å². The van der Waals surface area contributed by atoms with E-state index in [0.29, 0.717) is 18.3 Å². The number of carbonyl (C=O) groups is 1. The Labute approximate surface area is 173 Å². The van der Waals surface area contributed by atoms with Crippen molar-refractivity contribution in [3.63, 3.8) is 0 Å². The van der Waals surface area contributed by atoms with Crippen LogP contribution in [0.4, 0.5) is 17.5 Å². The van der Waals surface area contributed by atoms with Crippen LogP contribution in [0.3, 0.4) is 0 Å². The molecule has 3 aromatic rings. The number of methoxy groups -OCH3 is 1. The van der Waals surface area contributed by atoms with Gasteiger partial charge >= 0.3 is 0 Å². The highest BCUT2D eigenvalue weighted by molar-refractivity contribution is 7.09. The van der Waals surface area contributed by atoms with E-state index in [4.69, 9.17) is 4.74 Å². The Morgan fingerprint density at radius 2 is 2.17 bits per heavy atom. The lowest BCUT2D eigenvalue weighted by Gasteiger charge is -2.24. The molecule has 1 aromatic carbocycles. The first-order valence-electron chi connectivity index (χ1n) is 9.54. The predicted octanol–water partition coefficient (Wildman–Crippen LogP) is 3.58. The first-order chi connectivity index (χ1) is 14.2. The first kappa shape index (κ1) is 19.2. The van der Waals surface area contributed by atoms with Gasteiger partial charge in [0.15, 0.2) is 0 Å². The molecule has 1 saturated heterocycles. The van der Waals surface area contributed by atoms with E-state index in [-0.39, 0.29) is 11.9 Å². The van der Waals surface area contributed by atoms with Crippen LogP contribution in [0.25, 0.3) is 0 Å². The molecule has 4 rings (SSSR count). The number of ether oxygens (including phenoxy) is 1. The van der Waals surface area contributed by atoms with Crippen LogP contribution in [-0.2, 0) is 11.3 Å². The lowest BCUT2D eigenvalue weighted by molar-refractivity contribution is -0.122. The molecule has 1 aliphatic rings. The van der Waals surface area contributed by atoms with Gasteiger partial charge < -0.3 is 20.3 Å². The molecule has 0 saturated carbocycles. The van der Waals surface area contributed by atoms with Crippen LogP contribution in [0.1, 0.15) is 17.7 Å². The van der Waals surface area contributed by atoms with E-state index < -0.39 is 0 Å². The summed E-state index contributed by atoms with van der Waals surface area (Å²) in [7, 11) is 1.63. The summed E-state index contributed by atoms with van der Waals surface area (Å²) in [5, 5.41) is 8.32. The molecule has 8 heteroatoms. The number of rotatable bonds is 7. The Morgan fingerprint density at radius 1 is 1.28 bits per heavy atom. The Kier molecular flexibility index (Phi) is 5.90. The molecule has 2 N–H and O–H groups in total. The fraction of sp³-hybridized carbons (Fsp3) is 0.286. The first-order valence-corrected chi connectivity index (χ1v) is 10.4. The minimum absolute atomic E-state index is 0.0163. The minimum atomic E-state index is -0.253. The molecule has 0 aliphatic carbocycles. The number of nitrogens with one attached hydrogen (secondary N) is 2. The molecule has 0 radical (unpaired) electrons. The van der Waals surface area contributed by atoms with Gasteiger partial charge in [0.25, 0.3) is 0 Å². The molecule has 1 aliphatic heterocycles.